The number of amides is 1. The highest BCUT2D eigenvalue weighted by Gasteiger charge is 2.21. The Hall–Kier alpha value is -2.13. The minimum atomic E-state index is -3.71. The Labute approximate surface area is 166 Å². The Balaban J connectivity index is 2.10. The van der Waals surface area contributed by atoms with Gasteiger partial charge in [-0.1, -0.05) is 29.3 Å². The van der Waals surface area contributed by atoms with Gasteiger partial charge in [-0.3, -0.25) is 4.79 Å². The number of hydrogen-bond donors (Lipinski definition) is 2. The predicted octanol–water partition coefficient (Wildman–Crippen LogP) is 3.09. The van der Waals surface area contributed by atoms with Crippen LogP contribution < -0.4 is 10.0 Å². The minimum absolute atomic E-state index is 0.00763. The van der Waals surface area contributed by atoms with Gasteiger partial charge in [0.2, 0.25) is 10.0 Å². The third-order valence-electron chi connectivity index (χ3n) is 3.49. The SMILES string of the molecule is CNS(=O)(=O)c1cccc(C(=O)O[C@H](C)C(=O)Nc2cc(Cl)ccc2Cl)c1. The number of anilines is 1. The number of rotatable bonds is 6. The Morgan fingerprint density at radius 2 is 1.81 bits per heavy atom. The minimum Gasteiger partial charge on any atom is -0.449 e. The molecule has 7 nitrogen and oxygen atoms in total. The second-order valence-electron chi connectivity index (χ2n) is 5.40. The number of sulfonamides is 1. The summed E-state index contributed by atoms with van der Waals surface area (Å²) in [4.78, 5) is 24.4. The number of esters is 1. The van der Waals surface area contributed by atoms with E-state index in [1.165, 1.54) is 44.3 Å². The predicted molar refractivity (Wildman–Crippen MR) is 103 cm³/mol. The van der Waals surface area contributed by atoms with E-state index in [-0.39, 0.29) is 21.2 Å². The van der Waals surface area contributed by atoms with Gasteiger partial charge in [-0.25, -0.2) is 17.9 Å². The molecule has 1 amide bonds. The molecule has 0 saturated carbocycles. The number of carbonyl (C=O) groups is 2. The van der Waals surface area contributed by atoms with E-state index in [1.54, 1.807) is 6.07 Å². The topological polar surface area (TPSA) is 102 Å². The van der Waals surface area contributed by atoms with Gasteiger partial charge in [0.05, 0.1) is 21.2 Å². The van der Waals surface area contributed by atoms with Gasteiger partial charge in [0.25, 0.3) is 5.91 Å². The molecule has 2 rings (SSSR count). The summed E-state index contributed by atoms with van der Waals surface area (Å²) in [6, 6.07) is 9.82. The van der Waals surface area contributed by atoms with Crippen LogP contribution in [-0.2, 0) is 19.6 Å². The molecule has 0 aromatic heterocycles. The summed E-state index contributed by atoms with van der Waals surface area (Å²) in [6.07, 6.45) is -1.16. The molecule has 0 saturated heterocycles. The van der Waals surface area contributed by atoms with E-state index in [9.17, 15) is 18.0 Å². The van der Waals surface area contributed by atoms with Gasteiger partial charge in [-0.2, -0.15) is 0 Å². The highest BCUT2D eigenvalue weighted by Crippen LogP contribution is 2.25. The molecule has 0 spiro atoms. The highest BCUT2D eigenvalue weighted by atomic mass is 35.5. The van der Waals surface area contributed by atoms with E-state index in [4.69, 9.17) is 27.9 Å². The van der Waals surface area contributed by atoms with Crippen molar-refractivity contribution >= 4 is 50.8 Å². The number of benzene rings is 2. The largest absolute Gasteiger partial charge is 0.449 e. The summed E-state index contributed by atoms with van der Waals surface area (Å²) in [6.45, 7) is 1.37. The second-order valence-corrected chi connectivity index (χ2v) is 8.13. The smallest absolute Gasteiger partial charge is 0.338 e. The summed E-state index contributed by atoms with van der Waals surface area (Å²) < 4.78 is 30.9. The first-order valence-corrected chi connectivity index (χ1v) is 9.88. The number of ether oxygens (including phenoxy) is 1. The Kier molecular flexibility index (Phi) is 6.83. The molecule has 1 atom stereocenters. The van der Waals surface area contributed by atoms with E-state index >= 15 is 0 Å². The van der Waals surface area contributed by atoms with E-state index in [2.05, 4.69) is 10.0 Å². The molecule has 2 N–H and O–H groups in total. The summed E-state index contributed by atoms with van der Waals surface area (Å²) in [5, 5.41) is 3.17. The molecule has 144 valence electrons. The van der Waals surface area contributed by atoms with Crippen molar-refractivity contribution in [3.63, 3.8) is 0 Å². The quantitative estimate of drug-likeness (QED) is 0.685. The molecule has 0 bridgehead atoms. The van der Waals surface area contributed by atoms with Crippen molar-refractivity contribution in [2.24, 2.45) is 0 Å². The van der Waals surface area contributed by atoms with Crippen LogP contribution in [0.3, 0.4) is 0 Å². The summed E-state index contributed by atoms with van der Waals surface area (Å²) in [7, 11) is -2.46. The van der Waals surface area contributed by atoms with Crippen molar-refractivity contribution in [3.05, 3.63) is 58.1 Å². The molecule has 2 aromatic rings. The lowest BCUT2D eigenvalue weighted by Gasteiger charge is -2.14. The van der Waals surface area contributed by atoms with Crippen LogP contribution in [0.5, 0.6) is 0 Å². The van der Waals surface area contributed by atoms with Crippen LogP contribution >= 0.6 is 23.2 Å². The molecular formula is C17H16Cl2N2O5S. The van der Waals surface area contributed by atoms with Crippen LogP contribution in [0.4, 0.5) is 5.69 Å². The monoisotopic (exact) mass is 430 g/mol. The van der Waals surface area contributed by atoms with Crippen LogP contribution in [0.2, 0.25) is 10.0 Å². The maximum Gasteiger partial charge on any atom is 0.338 e. The van der Waals surface area contributed by atoms with Gasteiger partial charge >= 0.3 is 5.97 Å². The van der Waals surface area contributed by atoms with Crippen molar-refractivity contribution in [2.45, 2.75) is 17.9 Å². The lowest BCUT2D eigenvalue weighted by molar-refractivity contribution is -0.123. The zero-order valence-electron chi connectivity index (χ0n) is 14.3. The number of hydrogen-bond acceptors (Lipinski definition) is 5. The number of carbonyl (C=O) groups excluding carboxylic acids is 2. The molecule has 2 aromatic carbocycles. The lowest BCUT2D eigenvalue weighted by Crippen LogP contribution is -2.30. The van der Waals surface area contributed by atoms with Gasteiger partial charge in [0, 0.05) is 5.02 Å². The number of halogens is 2. The maximum absolute atomic E-state index is 12.2. The first-order valence-electron chi connectivity index (χ1n) is 7.64. The van der Waals surface area contributed by atoms with Crippen molar-refractivity contribution in [3.8, 4) is 0 Å². The number of nitrogens with one attached hydrogen (secondary N) is 2. The molecule has 0 aliphatic rings. The van der Waals surface area contributed by atoms with Crippen LogP contribution in [0.15, 0.2) is 47.4 Å². The van der Waals surface area contributed by atoms with Gasteiger partial charge in [0.1, 0.15) is 0 Å². The van der Waals surface area contributed by atoms with Crippen LogP contribution in [-0.4, -0.2) is 33.4 Å². The van der Waals surface area contributed by atoms with Crippen molar-refractivity contribution in [1.29, 1.82) is 0 Å². The fraction of sp³-hybridized carbons (Fsp3) is 0.176. The van der Waals surface area contributed by atoms with E-state index in [1.807, 2.05) is 0 Å². The third-order valence-corrected chi connectivity index (χ3v) is 5.46. The first kappa shape index (κ1) is 21.2. The van der Waals surface area contributed by atoms with Crippen molar-refractivity contribution in [1.82, 2.24) is 4.72 Å². The fourth-order valence-corrected chi connectivity index (χ4v) is 3.13. The van der Waals surface area contributed by atoms with E-state index < -0.39 is 28.0 Å². The van der Waals surface area contributed by atoms with Gasteiger partial charge in [-0.15, -0.1) is 0 Å². The summed E-state index contributed by atoms with van der Waals surface area (Å²) in [5.74, 6) is -1.46. The molecule has 0 aliphatic heterocycles. The average Bonchev–Trinajstić information content (AvgIpc) is 2.64. The molecule has 0 heterocycles. The van der Waals surface area contributed by atoms with Crippen LogP contribution in [0, 0.1) is 0 Å². The highest BCUT2D eigenvalue weighted by molar-refractivity contribution is 7.89. The van der Waals surface area contributed by atoms with Crippen LogP contribution in [0.1, 0.15) is 17.3 Å². The first-order chi connectivity index (χ1) is 12.6. The molecule has 0 unspecified atom stereocenters. The standard InChI is InChI=1S/C17H16Cl2N2O5S/c1-10(16(22)21-15-9-12(18)6-7-14(15)19)26-17(23)11-4-3-5-13(8-11)27(24,25)20-2/h3-10,20H,1-2H3,(H,21,22)/t10-/m1/s1. The fourth-order valence-electron chi connectivity index (χ4n) is 2.02. The van der Waals surface area contributed by atoms with Gasteiger partial charge in [-0.05, 0) is 50.4 Å². The second kappa shape index (κ2) is 8.71. The van der Waals surface area contributed by atoms with Gasteiger partial charge in [0.15, 0.2) is 6.10 Å². The molecule has 0 fully saturated rings. The maximum atomic E-state index is 12.2. The Morgan fingerprint density at radius 3 is 2.48 bits per heavy atom. The molecule has 10 heteroatoms. The summed E-state index contributed by atoms with van der Waals surface area (Å²) >= 11 is 11.8. The molecule has 27 heavy (non-hydrogen) atoms. The average molecular weight is 431 g/mol. The molecule has 0 radical (unpaired) electrons. The Bertz CT molecular complexity index is 979. The summed E-state index contributed by atoms with van der Waals surface area (Å²) in [5.41, 5.74) is 0.269. The van der Waals surface area contributed by atoms with Crippen molar-refractivity contribution in [2.75, 3.05) is 12.4 Å². The van der Waals surface area contributed by atoms with E-state index in [0.717, 1.165) is 6.07 Å². The lowest BCUT2D eigenvalue weighted by atomic mass is 10.2. The zero-order valence-corrected chi connectivity index (χ0v) is 16.7. The Morgan fingerprint density at radius 1 is 1.11 bits per heavy atom. The van der Waals surface area contributed by atoms with Gasteiger partial charge < -0.3 is 10.1 Å². The van der Waals surface area contributed by atoms with Crippen molar-refractivity contribution < 1.29 is 22.7 Å². The normalized spacial score (nSPS) is 12.3. The van der Waals surface area contributed by atoms with Crippen LogP contribution in [0.25, 0.3) is 0 Å². The molecule has 0 aliphatic carbocycles. The van der Waals surface area contributed by atoms with E-state index in [0.29, 0.717) is 5.02 Å². The zero-order chi connectivity index (χ0) is 20.2. The third kappa shape index (κ3) is 5.43. The molecular weight excluding hydrogens is 415 g/mol.